The van der Waals surface area contributed by atoms with E-state index in [9.17, 15) is 0 Å². The van der Waals surface area contributed by atoms with E-state index in [-0.39, 0.29) is 0 Å². The highest BCUT2D eigenvalue weighted by Crippen LogP contribution is 2.17. The Hall–Kier alpha value is 0.0569. The van der Waals surface area contributed by atoms with Crippen molar-refractivity contribution in [2.24, 2.45) is 0 Å². The fourth-order valence-corrected chi connectivity index (χ4v) is 4.76. The Morgan fingerprint density at radius 1 is 0.706 bits per heavy atom. The zero-order valence-electron chi connectivity index (χ0n) is 12.1. The van der Waals surface area contributed by atoms with Gasteiger partial charge < -0.3 is 13.3 Å². The summed E-state index contributed by atoms with van der Waals surface area (Å²) in [6.07, 6.45) is 2.17. The van der Waals surface area contributed by atoms with Gasteiger partial charge in [-0.25, -0.2) is 0 Å². The molecule has 0 fully saturated rings. The van der Waals surface area contributed by atoms with E-state index in [4.69, 9.17) is 13.3 Å². The monoisotopic (exact) mass is 263 g/mol. The summed E-state index contributed by atoms with van der Waals surface area (Å²) in [7, 11) is -2.63. The van der Waals surface area contributed by atoms with Crippen molar-refractivity contribution in [3.05, 3.63) is 0 Å². The van der Waals surface area contributed by atoms with Gasteiger partial charge in [-0.05, 0) is 46.7 Å². The van der Waals surface area contributed by atoms with E-state index >= 15 is 0 Å². The van der Waals surface area contributed by atoms with E-state index < -0.39 is 8.97 Å². The minimum absolute atomic E-state index is 0.635. The van der Waals surface area contributed by atoms with Gasteiger partial charge in [0.25, 0.3) is 0 Å². The van der Waals surface area contributed by atoms with E-state index in [0.29, 0.717) is 19.8 Å². The van der Waals surface area contributed by atoms with Crippen LogP contribution in [0.3, 0.4) is 0 Å². The third-order valence-electron chi connectivity index (χ3n) is 2.35. The summed E-state index contributed by atoms with van der Waals surface area (Å²) < 4.78 is 20.0. The Labute approximate surface area is 108 Å². The molecule has 0 aliphatic heterocycles. The molecule has 0 N–H and O–H groups in total. The van der Waals surface area contributed by atoms with Gasteiger partial charge in [0, 0.05) is 19.8 Å². The number of hydrogen-bond donors (Lipinski definition) is 0. The van der Waals surface area contributed by atoms with E-state index in [0.717, 1.165) is 25.9 Å². The van der Waals surface area contributed by atoms with Gasteiger partial charge in [-0.3, -0.25) is 4.57 Å². The average molecular weight is 263 g/mol. The van der Waals surface area contributed by atoms with Crippen molar-refractivity contribution in [2.75, 3.05) is 32.9 Å². The molecule has 0 spiro atoms. The van der Waals surface area contributed by atoms with E-state index in [2.05, 4.69) is 18.4 Å². The third-order valence-corrected chi connectivity index (χ3v) is 5.54. The molecular formula is C12H29NO3Si. The van der Waals surface area contributed by atoms with E-state index in [1.165, 1.54) is 0 Å². The van der Waals surface area contributed by atoms with Crippen LogP contribution in [0.15, 0.2) is 0 Å². The predicted molar refractivity (Wildman–Crippen MR) is 72.8 cm³/mol. The van der Waals surface area contributed by atoms with Gasteiger partial charge >= 0.3 is 8.97 Å². The van der Waals surface area contributed by atoms with Gasteiger partial charge in [-0.2, -0.15) is 0 Å². The highest BCUT2D eigenvalue weighted by molar-refractivity contribution is 6.57. The van der Waals surface area contributed by atoms with Crippen molar-refractivity contribution < 1.29 is 13.3 Å². The molecule has 0 aromatic carbocycles. The standard InChI is InChI=1S/C12H29NO3Si/c1-6-11-13(12-7-2)17(14-8-3,15-9-4)16-10-5/h6-12H2,1-5H3. The molecule has 0 rings (SSSR count). The van der Waals surface area contributed by atoms with Crippen molar-refractivity contribution in [2.45, 2.75) is 47.5 Å². The van der Waals surface area contributed by atoms with Gasteiger partial charge in [0.05, 0.1) is 0 Å². The molecule has 0 aromatic rings. The molecule has 0 aliphatic rings. The number of rotatable bonds is 11. The Balaban J connectivity index is 4.87. The van der Waals surface area contributed by atoms with Crippen LogP contribution in [-0.2, 0) is 13.3 Å². The van der Waals surface area contributed by atoms with Crippen LogP contribution in [0.4, 0.5) is 0 Å². The Morgan fingerprint density at radius 2 is 1.06 bits per heavy atom. The molecule has 0 bridgehead atoms. The van der Waals surface area contributed by atoms with Crippen LogP contribution >= 0.6 is 0 Å². The SMILES string of the molecule is CCCN(CCC)[Si](OCC)(OCC)OCC. The molecule has 0 heterocycles. The maximum absolute atomic E-state index is 5.90. The van der Waals surface area contributed by atoms with Crippen molar-refractivity contribution in [1.29, 1.82) is 0 Å². The molecule has 0 atom stereocenters. The highest BCUT2D eigenvalue weighted by atomic mass is 28.4. The number of hydrogen-bond acceptors (Lipinski definition) is 4. The number of nitrogens with zero attached hydrogens (tertiary/aromatic N) is 1. The van der Waals surface area contributed by atoms with Crippen LogP contribution in [0, 0.1) is 0 Å². The lowest BCUT2D eigenvalue weighted by atomic mass is 10.4. The summed E-state index contributed by atoms with van der Waals surface area (Å²) in [5.41, 5.74) is 0. The molecule has 4 nitrogen and oxygen atoms in total. The van der Waals surface area contributed by atoms with Crippen molar-refractivity contribution in [3.8, 4) is 0 Å². The normalized spacial score (nSPS) is 12.4. The molecular weight excluding hydrogens is 234 g/mol. The first kappa shape index (κ1) is 17.1. The molecule has 0 unspecified atom stereocenters. The largest absolute Gasteiger partial charge is 0.599 e. The summed E-state index contributed by atoms with van der Waals surface area (Å²) in [6, 6.07) is 0. The zero-order valence-corrected chi connectivity index (χ0v) is 13.1. The molecule has 0 saturated heterocycles. The second-order valence-electron chi connectivity index (χ2n) is 3.81. The zero-order chi connectivity index (χ0) is 13.1. The molecule has 0 radical (unpaired) electrons. The maximum Gasteiger partial charge on any atom is 0.599 e. The van der Waals surface area contributed by atoms with Gasteiger partial charge in [-0.15, -0.1) is 0 Å². The molecule has 104 valence electrons. The lowest BCUT2D eigenvalue weighted by molar-refractivity contribution is 0.0166. The Kier molecular flexibility index (Phi) is 10.1. The first-order chi connectivity index (χ1) is 8.20. The van der Waals surface area contributed by atoms with Crippen LogP contribution in [0.5, 0.6) is 0 Å². The fourth-order valence-electron chi connectivity index (χ4n) is 1.87. The van der Waals surface area contributed by atoms with Gasteiger partial charge in [0.2, 0.25) is 0 Å². The quantitative estimate of drug-likeness (QED) is 0.536. The van der Waals surface area contributed by atoms with Crippen molar-refractivity contribution >= 4 is 8.97 Å². The van der Waals surface area contributed by atoms with Gasteiger partial charge in [0.15, 0.2) is 0 Å². The van der Waals surface area contributed by atoms with Crippen LogP contribution in [0.1, 0.15) is 47.5 Å². The van der Waals surface area contributed by atoms with E-state index in [1.807, 2.05) is 20.8 Å². The van der Waals surface area contributed by atoms with Crippen LogP contribution in [0.25, 0.3) is 0 Å². The third kappa shape index (κ3) is 5.48. The predicted octanol–water partition coefficient (Wildman–Crippen LogP) is 2.65. The van der Waals surface area contributed by atoms with Crippen LogP contribution in [0.2, 0.25) is 0 Å². The fraction of sp³-hybridized carbons (Fsp3) is 1.00. The first-order valence-corrected chi connectivity index (χ1v) is 8.54. The maximum atomic E-state index is 5.90. The summed E-state index contributed by atoms with van der Waals surface area (Å²) in [4.78, 5) is 0. The van der Waals surface area contributed by atoms with Gasteiger partial charge in [-0.1, -0.05) is 13.8 Å². The second kappa shape index (κ2) is 10.0. The van der Waals surface area contributed by atoms with Gasteiger partial charge in [0.1, 0.15) is 0 Å². The molecule has 0 saturated carbocycles. The smallest absolute Gasteiger partial charge is 0.361 e. The van der Waals surface area contributed by atoms with Crippen LogP contribution in [-0.4, -0.2) is 46.4 Å². The first-order valence-electron chi connectivity index (χ1n) is 6.87. The molecule has 0 aliphatic carbocycles. The van der Waals surface area contributed by atoms with Crippen molar-refractivity contribution in [1.82, 2.24) is 4.57 Å². The molecule has 0 aromatic heterocycles. The second-order valence-corrected chi connectivity index (χ2v) is 6.36. The topological polar surface area (TPSA) is 30.9 Å². The Morgan fingerprint density at radius 3 is 1.29 bits per heavy atom. The molecule has 5 heteroatoms. The summed E-state index contributed by atoms with van der Waals surface area (Å²) in [5.74, 6) is 0. The lowest BCUT2D eigenvalue weighted by Gasteiger charge is -2.37. The minimum atomic E-state index is -2.63. The Bertz CT molecular complexity index is 158. The molecule has 17 heavy (non-hydrogen) atoms. The van der Waals surface area contributed by atoms with E-state index in [1.54, 1.807) is 0 Å². The summed E-state index contributed by atoms with van der Waals surface area (Å²) in [6.45, 7) is 14.2. The van der Waals surface area contributed by atoms with Crippen LogP contribution < -0.4 is 0 Å². The average Bonchev–Trinajstić information content (AvgIpc) is 2.29. The molecule has 0 amide bonds. The summed E-state index contributed by atoms with van der Waals surface area (Å²) in [5, 5.41) is 0. The minimum Gasteiger partial charge on any atom is -0.361 e. The van der Waals surface area contributed by atoms with Crippen molar-refractivity contribution in [3.63, 3.8) is 0 Å². The summed E-state index contributed by atoms with van der Waals surface area (Å²) >= 11 is 0. The lowest BCUT2D eigenvalue weighted by Crippen LogP contribution is -2.61. The highest BCUT2D eigenvalue weighted by Gasteiger charge is 2.47.